The molecule has 2 aromatic heterocycles. The fourth-order valence-electron chi connectivity index (χ4n) is 4.72. The van der Waals surface area contributed by atoms with Crippen molar-refractivity contribution in [3.63, 3.8) is 0 Å². The number of fused-ring (bicyclic) bond motifs is 1. The van der Waals surface area contributed by atoms with Crippen LogP contribution in [0.1, 0.15) is 31.5 Å². The number of nitrogens with zero attached hydrogens (tertiary/aromatic N) is 5. The molecule has 1 N–H and O–H groups in total. The van der Waals surface area contributed by atoms with Crippen LogP contribution in [0.2, 0.25) is 0 Å². The lowest BCUT2D eigenvalue weighted by atomic mass is 9.77. The maximum atomic E-state index is 14.0. The van der Waals surface area contributed by atoms with Crippen molar-refractivity contribution in [2.24, 2.45) is 5.92 Å². The van der Waals surface area contributed by atoms with E-state index in [2.05, 4.69) is 15.3 Å². The second-order valence-electron chi connectivity index (χ2n) is 8.96. The van der Waals surface area contributed by atoms with Gasteiger partial charge in [0, 0.05) is 38.7 Å². The van der Waals surface area contributed by atoms with Gasteiger partial charge in [0.15, 0.2) is 11.6 Å². The number of anilines is 2. The Kier molecular flexibility index (Phi) is 6.87. The predicted octanol–water partition coefficient (Wildman–Crippen LogP) is 3.39. The molecule has 1 saturated heterocycles. The van der Waals surface area contributed by atoms with Gasteiger partial charge in [0.05, 0.1) is 24.2 Å². The third-order valence-corrected chi connectivity index (χ3v) is 6.42. The molecule has 5 rings (SSSR count). The SMILES string of the molecule is COCC(=O)CC1CC(Nc2cc(-n3c(C(F)F)nc4ccccc43)nc(N3CCOCC3)n2)C1. The first kappa shape index (κ1) is 23.6. The van der Waals surface area contributed by atoms with Gasteiger partial charge in [0.25, 0.3) is 6.43 Å². The molecule has 0 atom stereocenters. The zero-order valence-electron chi connectivity index (χ0n) is 19.5. The van der Waals surface area contributed by atoms with Crippen molar-refractivity contribution in [2.45, 2.75) is 31.7 Å². The van der Waals surface area contributed by atoms with Crippen molar-refractivity contribution in [2.75, 3.05) is 50.2 Å². The number of carbonyl (C=O) groups is 1. The Morgan fingerprint density at radius 2 is 1.97 bits per heavy atom. The van der Waals surface area contributed by atoms with E-state index in [1.807, 2.05) is 4.90 Å². The molecule has 2 aliphatic rings. The van der Waals surface area contributed by atoms with E-state index < -0.39 is 6.43 Å². The van der Waals surface area contributed by atoms with Crippen molar-refractivity contribution in [3.8, 4) is 5.82 Å². The summed E-state index contributed by atoms with van der Waals surface area (Å²) in [5, 5.41) is 3.42. The average Bonchev–Trinajstić information content (AvgIpc) is 3.23. The molecule has 2 fully saturated rings. The maximum absolute atomic E-state index is 14.0. The van der Waals surface area contributed by atoms with Crippen molar-refractivity contribution in [3.05, 3.63) is 36.2 Å². The Morgan fingerprint density at radius 1 is 1.20 bits per heavy atom. The second-order valence-corrected chi connectivity index (χ2v) is 8.96. The number of benzene rings is 1. The van der Waals surface area contributed by atoms with E-state index in [1.165, 1.54) is 11.7 Å². The van der Waals surface area contributed by atoms with E-state index in [1.54, 1.807) is 30.3 Å². The third kappa shape index (κ3) is 5.10. The molecule has 35 heavy (non-hydrogen) atoms. The largest absolute Gasteiger partial charge is 0.378 e. The molecular formula is C24H28F2N6O3. The standard InChI is InChI=1S/C24H28F2N6O3/c1-34-14-17(33)12-15-10-16(11-15)27-20-13-21(30-24(29-20)31-6-8-35-9-7-31)32-19-5-3-2-4-18(19)28-23(32)22(25)26/h2-5,13,15-16,22H,6-12,14H2,1H3,(H,27,29,30). The smallest absolute Gasteiger partial charge is 0.296 e. The number of imidazole rings is 1. The number of methoxy groups -OCH3 is 1. The van der Waals surface area contributed by atoms with Gasteiger partial charge < -0.3 is 19.7 Å². The summed E-state index contributed by atoms with van der Waals surface area (Å²) in [7, 11) is 1.52. The zero-order chi connectivity index (χ0) is 24.4. The van der Waals surface area contributed by atoms with Crippen LogP contribution in [-0.4, -0.2) is 71.4 Å². The van der Waals surface area contributed by atoms with Gasteiger partial charge in [-0.05, 0) is 30.9 Å². The van der Waals surface area contributed by atoms with Gasteiger partial charge in [-0.25, -0.2) is 13.8 Å². The van der Waals surface area contributed by atoms with Crippen molar-refractivity contribution in [1.29, 1.82) is 0 Å². The lowest BCUT2D eigenvalue weighted by molar-refractivity contribution is -0.124. The molecule has 1 aliphatic heterocycles. The van der Waals surface area contributed by atoms with Crippen LogP contribution in [0, 0.1) is 5.92 Å². The number of hydrogen-bond donors (Lipinski definition) is 1. The Labute approximate surface area is 201 Å². The van der Waals surface area contributed by atoms with Gasteiger partial charge in [0.1, 0.15) is 18.2 Å². The van der Waals surface area contributed by atoms with Gasteiger partial charge >= 0.3 is 0 Å². The fourth-order valence-corrected chi connectivity index (χ4v) is 4.72. The number of morpholine rings is 1. The fraction of sp³-hybridized carbons (Fsp3) is 0.500. The minimum Gasteiger partial charge on any atom is -0.378 e. The van der Waals surface area contributed by atoms with Crippen LogP contribution in [0.15, 0.2) is 30.3 Å². The number of alkyl halides is 2. The Morgan fingerprint density at radius 3 is 2.71 bits per heavy atom. The van der Waals surface area contributed by atoms with Gasteiger partial charge in [-0.15, -0.1) is 0 Å². The number of ether oxygens (including phenoxy) is 2. The van der Waals surface area contributed by atoms with Gasteiger partial charge in [-0.1, -0.05) is 12.1 Å². The molecule has 186 valence electrons. The number of carbonyl (C=O) groups excluding carboxylic acids is 1. The van der Waals surface area contributed by atoms with E-state index in [0.29, 0.717) is 67.3 Å². The van der Waals surface area contributed by atoms with Crippen molar-refractivity contribution >= 4 is 28.6 Å². The highest BCUT2D eigenvalue weighted by Gasteiger charge is 2.31. The summed E-state index contributed by atoms with van der Waals surface area (Å²) < 4.78 is 39.7. The molecule has 0 radical (unpaired) electrons. The molecule has 3 heterocycles. The number of nitrogens with one attached hydrogen (secondary N) is 1. The van der Waals surface area contributed by atoms with E-state index in [-0.39, 0.29) is 24.3 Å². The summed E-state index contributed by atoms with van der Waals surface area (Å²) in [6.07, 6.45) is -0.605. The average molecular weight is 487 g/mol. The monoisotopic (exact) mass is 486 g/mol. The molecule has 1 aromatic carbocycles. The molecule has 9 nitrogen and oxygen atoms in total. The molecule has 0 spiro atoms. The Balaban J connectivity index is 1.45. The first-order valence-electron chi connectivity index (χ1n) is 11.8. The summed E-state index contributed by atoms with van der Waals surface area (Å²) >= 11 is 0. The molecule has 1 aliphatic carbocycles. The topological polar surface area (TPSA) is 94.4 Å². The summed E-state index contributed by atoms with van der Waals surface area (Å²) in [4.78, 5) is 27.4. The molecule has 0 bridgehead atoms. The highest BCUT2D eigenvalue weighted by Crippen LogP contribution is 2.34. The van der Waals surface area contributed by atoms with Gasteiger partial charge in [-0.3, -0.25) is 9.36 Å². The molecule has 1 saturated carbocycles. The summed E-state index contributed by atoms with van der Waals surface area (Å²) in [5.41, 5.74) is 1.03. The zero-order valence-corrected chi connectivity index (χ0v) is 19.5. The number of hydrogen-bond acceptors (Lipinski definition) is 8. The highest BCUT2D eigenvalue weighted by atomic mass is 19.3. The number of aromatic nitrogens is 4. The molecule has 11 heteroatoms. The van der Waals surface area contributed by atoms with Crippen LogP contribution in [0.3, 0.4) is 0 Å². The maximum Gasteiger partial charge on any atom is 0.296 e. The van der Waals surface area contributed by atoms with Crippen molar-refractivity contribution < 1.29 is 23.0 Å². The van der Waals surface area contributed by atoms with E-state index in [4.69, 9.17) is 14.5 Å². The van der Waals surface area contributed by atoms with E-state index >= 15 is 0 Å². The van der Waals surface area contributed by atoms with Gasteiger partial charge in [-0.2, -0.15) is 9.97 Å². The second kappa shape index (κ2) is 10.2. The molecule has 3 aromatic rings. The van der Waals surface area contributed by atoms with E-state index in [0.717, 1.165) is 12.8 Å². The first-order valence-corrected chi connectivity index (χ1v) is 11.8. The number of ketones is 1. The molecular weight excluding hydrogens is 458 g/mol. The van der Waals surface area contributed by atoms with Crippen LogP contribution in [0.5, 0.6) is 0 Å². The summed E-state index contributed by atoms with van der Waals surface area (Å²) in [6, 6.07) is 8.85. The van der Waals surface area contributed by atoms with Crippen LogP contribution in [0.4, 0.5) is 20.5 Å². The van der Waals surface area contributed by atoms with E-state index in [9.17, 15) is 13.6 Å². The van der Waals surface area contributed by atoms with Crippen LogP contribution < -0.4 is 10.2 Å². The third-order valence-electron chi connectivity index (χ3n) is 6.42. The van der Waals surface area contributed by atoms with Crippen LogP contribution in [-0.2, 0) is 14.3 Å². The number of Topliss-reactive ketones (excluding diaryl/α,β-unsaturated/α-hetero) is 1. The Bertz CT molecular complexity index is 1190. The van der Waals surface area contributed by atoms with Crippen LogP contribution >= 0.6 is 0 Å². The minimum atomic E-state index is -2.77. The normalized spacial score (nSPS) is 20.3. The molecule has 0 amide bonds. The van der Waals surface area contributed by atoms with Crippen LogP contribution in [0.25, 0.3) is 16.9 Å². The number of rotatable bonds is 9. The first-order chi connectivity index (χ1) is 17.0. The minimum absolute atomic E-state index is 0.0985. The number of para-hydroxylation sites is 2. The Hall–Kier alpha value is -3.18. The quantitative estimate of drug-likeness (QED) is 0.492. The molecule has 0 unspecified atom stereocenters. The summed E-state index contributed by atoms with van der Waals surface area (Å²) in [6.45, 7) is 2.46. The highest BCUT2D eigenvalue weighted by molar-refractivity contribution is 5.80. The predicted molar refractivity (Wildman–Crippen MR) is 126 cm³/mol. The van der Waals surface area contributed by atoms with Crippen molar-refractivity contribution in [1.82, 2.24) is 19.5 Å². The number of halogens is 2. The summed E-state index contributed by atoms with van der Waals surface area (Å²) in [5.74, 6) is 1.39. The van der Waals surface area contributed by atoms with Gasteiger partial charge in [0.2, 0.25) is 5.95 Å². The lowest BCUT2D eigenvalue weighted by Gasteiger charge is -2.36. The lowest BCUT2D eigenvalue weighted by Crippen LogP contribution is -2.39.